The van der Waals surface area contributed by atoms with Gasteiger partial charge in [0.2, 0.25) is 0 Å². The van der Waals surface area contributed by atoms with Crippen LogP contribution >= 0.6 is 15.9 Å². The number of halogens is 1. The first-order valence-corrected chi connectivity index (χ1v) is 6.66. The van der Waals surface area contributed by atoms with Gasteiger partial charge in [-0.1, -0.05) is 0 Å². The molecule has 0 aliphatic heterocycles. The first-order chi connectivity index (χ1) is 7.74. The number of phenolic OH excluding ortho intramolecular Hbond substituents is 1. The largest absolute Gasteiger partial charge is 0.506 e. The summed E-state index contributed by atoms with van der Waals surface area (Å²) in [7, 11) is 0. The topological polar surface area (TPSA) is 40.5 Å². The summed E-state index contributed by atoms with van der Waals surface area (Å²) in [6.45, 7) is 0.181. The molecule has 1 aliphatic rings. The van der Waals surface area contributed by atoms with Crippen molar-refractivity contribution in [2.75, 3.05) is 6.61 Å². The summed E-state index contributed by atoms with van der Waals surface area (Å²) >= 11 is 3.40. The Labute approximate surface area is 104 Å². The van der Waals surface area contributed by atoms with Gasteiger partial charge in [-0.05, 0) is 77.2 Å². The molecule has 0 saturated heterocycles. The molecule has 0 atom stereocenters. The van der Waals surface area contributed by atoms with Crippen molar-refractivity contribution < 1.29 is 10.2 Å². The van der Waals surface area contributed by atoms with Crippen molar-refractivity contribution >= 4 is 15.9 Å². The van der Waals surface area contributed by atoms with E-state index in [0.717, 1.165) is 35.7 Å². The normalized spacial score (nSPS) is 14.9. The van der Waals surface area contributed by atoms with Gasteiger partial charge in [0.05, 0.1) is 4.47 Å². The highest BCUT2D eigenvalue weighted by Crippen LogP contribution is 2.37. The number of hydrogen-bond acceptors (Lipinski definition) is 2. The summed E-state index contributed by atoms with van der Waals surface area (Å²) in [5.74, 6) is 0.370. The smallest absolute Gasteiger partial charge is 0.133 e. The standard InChI is InChI=1S/C13H17BrO2/c14-12-8-9-4-1-2-5-10(9)11(13(12)16)6-3-7-15/h8,15-16H,1-7H2. The number of hydrogen-bond donors (Lipinski definition) is 2. The zero-order valence-corrected chi connectivity index (χ0v) is 10.9. The highest BCUT2D eigenvalue weighted by atomic mass is 79.9. The molecule has 3 heteroatoms. The lowest BCUT2D eigenvalue weighted by Crippen LogP contribution is -2.07. The van der Waals surface area contributed by atoms with E-state index in [1.54, 1.807) is 0 Å². The maximum Gasteiger partial charge on any atom is 0.133 e. The Hall–Kier alpha value is -0.540. The number of aromatic hydroxyl groups is 1. The summed E-state index contributed by atoms with van der Waals surface area (Å²) in [5.41, 5.74) is 3.72. The number of fused-ring (bicyclic) bond motifs is 1. The maximum absolute atomic E-state index is 10.1. The molecule has 0 radical (unpaired) electrons. The van der Waals surface area contributed by atoms with Crippen molar-refractivity contribution in [3.63, 3.8) is 0 Å². The zero-order valence-electron chi connectivity index (χ0n) is 9.30. The summed E-state index contributed by atoms with van der Waals surface area (Å²) in [4.78, 5) is 0. The molecular weight excluding hydrogens is 268 g/mol. The molecule has 0 aromatic heterocycles. The van der Waals surface area contributed by atoms with Crippen LogP contribution in [0.4, 0.5) is 0 Å². The molecule has 0 heterocycles. The average Bonchev–Trinajstić information content (AvgIpc) is 2.30. The van der Waals surface area contributed by atoms with Gasteiger partial charge in [-0.25, -0.2) is 0 Å². The van der Waals surface area contributed by atoms with E-state index in [4.69, 9.17) is 5.11 Å². The van der Waals surface area contributed by atoms with Crippen LogP contribution in [0, 0.1) is 0 Å². The lowest BCUT2D eigenvalue weighted by Gasteiger charge is -2.21. The quantitative estimate of drug-likeness (QED) is 0.896. The second kappa shape index (κ2) is 5.19. The van der Waals surface area contributed by atoms with Crippen LogP contribution in [0.2, 0.25) is 0 Å². The Morgan fingerprint density at radius 3 is 2.75 bits per heavy atom. The second-order valence-electron chi connectivity index (χ2n) is 4.36. The first-order valence-electron chi connectivity index (χ1n) is 5.87. The van der Waals surface area contributed by atoms with Gasteiger partial charge in [0.25, 0.3) is 0 Å². The third kappa shape index (κ3) is 2.25. The van der Waals surface area contributed by atoms with Crippen molar-refractivity contribution in [2.24, 2.45) is 0 Å². The molecule has 0 spiro atoms. The van der Waals surface area contributed by atoms with Crippen LogP contribution in [0.1, 0.15) is 36.0 Å². The fraction of sp³-hybridized carbons (Fsp3) is 0.538. The Bertz CT molecular complexity index is 388. The average molecular weight is 285 g/mol. The van der Waals surface area contributed by atoms with Crippen molar-refractivity contribution in [1.29, 1.82) is 0 Å². The Balaban J connectivity index is 2.41. The fourth-order valence-corrected chi connectivity index (χ4v) is 2.98. The van der Waals surface area contributed by atoms with Crippen LogP contribution < -0.4 is 0 Å². The molecule has 1 aliphatic carbocycles. The van der Waals surface area contributed by atoms with Crippen LogP contribution in [0.5, 0.6) is 5.75 Å². The van der Waals surface area contributed by atoms with Gasteiger partial charge in [0.15, 0.2) is 0 Å². The van der Waals surface area contributed by atoms with E-state index in [1.807, 2.05) is 6.07 Å². The Kier molecular flexibility index (Phi) is 3.87. The summed E-state index contributed by atoms with van der Waals surface area (Å²) in [5, 5.41) is 19.0. The second-order valence-corrected chi connectivity index (χ2v) is 5.21. The van der Waals surface area contributed by atoms with E-state index in [9.17, 15) is 5.11 Å². The minimum Gasteiger partial charge on any atom is -0.506 e. The van der Waals surface area contributed by atoms with Gasteiger partial charge in [-0.2, -0.15) is 0 Å². The summed E-state index contributed by atoms with van der Waals surface area (Å²) in [6, 6.07) is 2.05. The number of aliphatic hydroxyl groups is 1. The van der Waals surface area contributed by atoms with Gasteiger partial charge in [-0.3, -0.25) is 0 Å². The fourth-order valence-electron chi connectivity index (χ4n) is 2.47. The van der Waals surface area contributed by atoms with E-state index in [-0.39, 0.29) is 6.61 Å². The molecule has 88 valence electrons. The van der Waals surface area contributed by atoms with Crippen molar-refractivity contribution in [3.8, 4) is 5.75 Å². The number of phenols is 1. The first kappa shape index (κ1) is 11.9. The van der Waals surface area contributed by atoms with Gasteiger partial charge >= 0.3 is 0 Å². The zero-order chi connectivity index (χ0) is 11.5. The number of rotatable bonds is 3. The van der Waals surface area contributed by atoms with E-state index in [0.29, 0.717) is 5.75 Å². The Morgan fingerprint density at radius 1 is 1.25 bits per heavy atom. The predicted octanol–water partition coefficient (Wildman–Crippen LogP) is 2.96. The number of aliphatic hydroxyl groups excluding tert-OH is 1. The monoisotopic (exact) mass is 284 g/mol. The SMILES string of the molecule is OCCCc1c(O)c(Br)cc2c1CCCC2. The van der Waals surface area contributed by atoms with Crippen LogP contribution in [0.25, 0.3) is 0 Å². The molecule has 2 nitrogen and oxygen atoms in total. The van der Waals surface area contributed by atoms with Gasteiger partial charge in [0.1, 0.15) is 5.75 Å². The number of benzene rings is 1. The van der Waals surface area contributed by atoms with Crippen molar-refractivity contribution in [2.45, 2.75) is 38.5 Å². The minimum absolute atomic E-state index is 0.181. The van der Waals surface area contributed by atoms with E-state index < -0.39 is 0 Å². The van der Waals surface area contributed by atoms with Crippen LogP contribution in [-0.2, 0) is 19.3 Å². The van der Waals surface area contributed by atoms with Gasteiger partial charge < -0.3 is 10.2 Å². The molecule has 0 bridgehead atoms. The van der Waals surface area contributed by atoms with Crippen molar-refractivity contribution in [3.05, 3.63) is 27.2 Å². The van der Waals surface area contributed by atoms with Gasteiger partial charge in [-0.15, -0.1) is 0 Å². The lowest BCUT2D eigenvalue weighted by atomic mass is 9.86. The van der Waals surface area contributed by atoms with E-state index >= 15 is 0 Å². The number of aryl methyl sites for hydroxylation is 1. The van der Waals surface area contributed by atoms with Crippen molar-refractivity contribution in [1.82, 2.24) is 0 Å². The maximum atomic E-state index is 10.1. The molecule has 1 aromatic rings. The van der Waals surface area contributed by atoms with Crippen LogP contribution in [0.15, 0.2) is 10.5 Å². The minimum atomic E-state index is 0.181. The molecule has 0 amide bonds. The van der Waals surface area contributed by atoms with Gasteiger partial charge in [0, 0.05) is 6.61 Å². The molecule has 16 heavy (non-hydrogen) atoms. The van der Waals surface area contributed by atoms with E-state index in [1.165, 1.54) is 24.0 Å². The predicted molar refractivity (Wildman–Crippen MR) is 67.9 cm³/mol. The van der Waals surface area contributed by atoms with E-state index in [2.05, 4.69) is 15.9 Å². The molecule has 0 saturated carbocycles. The molecule has 2 N–H and O–H groups in total. The summed E-state index contributed by atoms with van der Waals surface area (Å²) < 4.78 is 0.793. The Morgan fingerprint density at radius 2 is 2.00 bits per heavy atom. The highest BCUT2D eigenvalue weighted by molar-refractivity contribution is 9.10. The third-order valence-corrected chi connectivity index (χ3v) is 3.88. The van der Waals surface area contributed by atoms with Crippen LogP contribution in [0.3, 0.4) is 0 Å². The lowest BCUT2D eigenvalue weighted by molar-refractivity contribution is 0.287. The summed E-state index contributed by atoms with van der Waals surface area (Å²) in [6.07, 6.45) is 6.11. The third-order valence-electron chi connectivity index (χ3n) is 3.27. The highest BCUT2D eigenvalue weighted by Gasteiger charge is 2.18. The molecule has 0 fully saturated rings. The van der Waals surface area contributed by atoms with Crippen LogP contribution in [-0.4, -0.2) is 16.8 Å². The molecule has 0 unspecified atom stereocenters. The molecular formula is C13H17BrO2. The molecule has 1 aromatic carbocycles. The molecule has 2 rings (SSSR count).